The van der Waals surface area contributed by atoms with E-state index in [0.29, 0.717) is 31.0 Å². The Morgan fingerprint density at radius 1 is 1.45 bits per heavy atom. The number of hydrogen-bond acceptors (Lipinski definition) is 3. The summed E-state index contributed by atoms with van der Waals surface area (Å²) in [5.41, 5.74) is 6.56. The van der Waals surface area contributed by atoms with Crippen molar-refractivity contribution < 1.29 is 9.53 Å². The summed E-state index contributed by atoms with van der Waals surface area (Å²) in [6.07, 6.45) is 6.38. The van der Waals surface area contributed by atoms with Crippen LogP contribution < -0.4 is 11.1 Å². The van der Waals surface area contributed by atoms with Gasteiger partial charge in [-0.15, -0.1) is 0 Å². The Morgan fingerprint density at radius 2 is 2.20 bits per heavy atom. The van der Waals surface area contributed by atoms with Crippen LogP contribution >= 0.6 is 0 Å². The molecule has 1 amide bonds. The lowest BCUT2D eigenvalue weighted by molar-refractivity contribution is 0.0267. The van der Waals surface area contributed by atoms with Gasteiger partial charge in [-0.2, -0.15) is 0 Å². The largest absolute Gasteiger partial charge is 0.376 e. The van der Waals surface area contributed by atoms with E-state index in [0.717, 1.165) is 32.2 Å². The zero-order chi connectivity index (χ0) is 14.4. The first-order valence-electron chi connectivity index (χ1n) is 7.51. The Hall–Kier alpha value is -1.33. The molecule has 0 unspecified atom stereocenters. The van der Waals surface area contributed by atoms with Gasteiger partial charge in [-0.25, -0.2) is 0 Å². The van der Waals surface area contributed by atoms with Gasteiger partial charge in [0.2, 0.25) is 0 Å². The van der Waals surface area contributed by atoms with Gasteiger partial charge in [0.05, 0.1) is 12.7 Å². The Kier molecular flexibility index (Phi) is 5.61. The third kappa shape index (κ3) is 4.08. The van der Waals surface area contributed by atoms with E-state index in [2.05, 4.69) is 5.32 Å². The molecule has 0 aliphatic heterocycles. The van der Waals surface area contributed by atoms with Gasteiger partial charge in [-0.1, -0.05) is 0 Å². The monoisotopic (exact) mass is 279 g/mol. The fourth-order valence-electron chi connectivity index (χ4n) is 2.63. The molecule has 5 nitrogen and oxygen atoms in total. The second-order valence-electron chi connectivity index (χ2n) is 5.34. The van der Waals surface area contributed by atoms with Crippen LogP contribution in [0.25, 0.3) is 0 Å². The molecule has 0 radical (unpaired) electrons. The third-order valence-corrected chi connectivity index (χ3v) is 3.86. The van der Waals surface area contributed by atoms with Crippen molar-refractivity contribution in [1.82, 2.24) is 9.88 Å². The highest BCUT2D eigenvalue weighted by Gasteiger charge is 2.18. The number of nitrogens with one attached hydrogen (secondary N) is 1. The fourth-order valence-corrected chi connectivity index (χ4v) is 2.63. The molecule has 1 aromatic heterocycles. The van der Waals surface area contributed by atoms with Crippen LogP contribution in [0, 0.1) is 0 Å². The normalized spacial score (nSPS) is 22.7. The van der Waals surface area contributed by atoms with E-state index >= 15 is 0 Å². The highest BCUT2D eigenvalue weighted by Crippen LogP contribution is 2.19. The Bertz CT molecular complexity index is 423. The molecule has 2 rings (SSSR count). The molecule has 112 valence electrons. The molecule has 1 heterocycles. The predicted octanol–water partition coefficient (Wildman–Crippen LogP) is 1.52. The van der Waals surface area contributed by atoms with Crippen LogP contribution in [0.4, 0.5) is 0 Å². The SMILES string of the molecule is CCn1cccc1C(=O)NCCOC1CCC(N)CC1. The highest BCUT2D eigenvalue weighted by atomic mass is 16.5. The highest BCUT2D eigenvalue weighted by molar-refractivity contribution is 5.92. The van der Waals surface area contributed by atoms with E-state index < -0.39 is 0 Å². The van der Waals surface area contributed by atoms with Gasteiger partial charge < -0.3 is 20.4 Å². The molecular formula is C15H25N3O2. The summed E-state index contributed by atoms with van der Waals surface area (Å²) >= 11 is 0. The van der Waals surface area contributed by atoms with E-state index in [1.165, 1.54) is 0 Å². The lowest BCUT2D eigenvalue weighted by Gasteiger charge is -2.26. The number of carbonyl (C=O) groups excluding carboxylic acids is 1. The molecule has 3 N–H and O–H groups in total. The van der Waals surface area contributed by atoms with Crippen molar-refractivity contribution in [3.63, 3.8) is 0 Å². The summed E-state index contributed by atoms with van der Waals surface area (Å²) in [7, 11) is 0. The van der Waals surface area contributed by atoms with Gasteiger partial charge in [0.15, 0.2) is 0 Å². The molecule has 0 saturated heterocycles. The van der Waals surface area contributed by atoms with Crippen LogP contribution in [0.3, 0.4) is 0 Å². The van der Waals surface area contributed by atoms with Gasteiger partial charge >= 0.3 is 0 Å². The first kappa shape index (κ1) is 15.1. The van der Waals surface area contributed by atoms with E-state index in [1.807, 2.05) is 29.8 Å². The van der Waals surface area contributed by atoms with E-state index in [-0.39, 0.29) is 5.91 Å². The third-order valence-electron chi connectivity index (χ3n) is 3.86. The molecule has 1 aromatic rings. The molecule has 5 heteroatoms. The Labute approximate surface area is 120 Å². The average Bonchev–Trinajstić information content (AvgIpc) is 2.94. The summed E-state index contributed by atoms with van der Waals surface area (Å²) in [6.45, 7) is 3.94. The number of hydrogen-bond donors (Lipinski definition) is 2. The number of aryl methyl sites for hydroxylation is 1. The molecule has 1 saturated carbocycles. The predicted molar refractivity (Wildman–Crippen MR) is 78.6 cm³/mol. The van der Waals surface area contributed by atoms with Gasteiger partial charge in [0.25, 0.3) is 5.91 Å². The molecule has 0 spiro atoms. The Morgan fingerprint density at radius 3 is 2.90 bits per heavy atom. The molecular weight excluding hydrogens is 254 g/mol. The second kappa shape index (κ2) is 7.45. The number of nitrogens with zero attached hydrogens (tertiary/aromatic N) is 1. The molecule has 1 fully saturated rings. The number of aromatic nitrogens is 1. The van der Waals surface area contributed by atoms with Crippen molar-refractivity contribution in [2.24, 2.45) is 5.73 Å². The number of carbonyl (C=O) groups is 1. The summed E-state index contributed by atoms with van der Waals surface area (Å²) in [5, 5.41) is 2.90. The minimum Gasteiger partial charge on any atom is -0.376 e. The zero-order valence-electron chi connectivity index (χ0n) is 12.2. The fraction of sp³-hybridized carbons (Fsp3) is 0.667. The zero-order valence-corrected chi connectivity index (χ0v) is 12.2. The molecule has 0 atom stereocenters. The maximum absolute atomic E-state index is 12.0. The quantitative estimate of drug-likeness (QED) is 0.776. The van der Waals surface area contributed by atoms with Crippen molar-refractivity contribution in [3.8, 4) is 0 Å². The smallest absolute Gasteiger partial charge is 0.267 e. The number of ether oxygens (including phenoxy) is 1. The molecule has 0 aromatic carbocycles. The van der Waals surface area contributed by atoms with Crippen LogP contribution in [0.15, 0.2) is 18.3 Å². The first-order valence-corrected chi connectivity index (χ1v) is 7.51. The van der Waals surface area contributed by atoms with Gasteiger partial charge in [-0.3, -0.25) is 4.79 Å². The number of nitrogens with two attached hydrogens (primary N) is 1. The van der Waals surface area contributed by atoms with Crippen molar-refractivity contribution in [3.05, 3.63) is 24.0 Å². The molecule has 1 aliphatic rings. The summed E-state index contributed by atoms with van der Waals surface area (Å²) in [6, 6.07) is 4.07. The van der Waals surface area contributed by atoms with Crippen LogP contribution in [-0.2, 0) is 11.3 Å². The minimum atomic E-state index is -0.0360. The number of amides is 1. The Balaban J connectivity index is 1.65. The molecule has 1 aliphatic carbocycles. The topological polar surface area (TPSA) is 69.3 Å². The first-order chi connectivity index (χ1) is 9.70. The standard InChI is InChI=1S/C15H25N3O2/c1-2-18-10-3-4-14(18)15(19)17-9-11-20-13-7-5-12(16)6-8-13/h3-4,10,12-13H,2,5-9,11,16H2,1H3,(H,17,19). The van der Waals surface area contributed by atoms with Crippen molar-refractivity contribution in [1.29, 1.82) is 0 Å². The summed E-state index contributed by atoms with van der Waals surface area (Å²) in [4.78, 5) is 12.0. The summed E-state index contributed by atoms with van der Waals surface area (Å²) < 4.78 is 7.71. The average molecular weight is 279 g/mol. The number of rotatable bonds is 6. The molecule has 0 bridgehead atoms. The van der Waals surface area contributed by atoms with Crippen LogP contribution in [0.1, 0.15) is 43.1 Å². The second-order valence-corrected chi connectivity index (χ2v) is 5.34. The maximum Gasteiger partial charge on any atom is 0.267 e. The molecule has 20 heavy (non-hydrogen) atoms. The van der Waals surface area contributed by atoms with Gasteiger partial charge in [0.1, 0.15) is 5.69 Å². The van der Waals surface area contributed by atoms with Crippen LogP contribution in [0.5, 0.6) is 0 Å². The van der Waals surface area contributed by atoms with Crippen molar-refractivity contribution in [2.75, 3.05) is 13.2 Å². The van der Waals surface area contributed by atoms with Crippen LogP contribution in [-0.4, -0.2) is 35.8 Å². The maximum atomic E-state index is 12.0. The summed E-state index contributed by atoms with van der Waals surface area (Å²) in [5.74, 6) is -0.0360. The van der Waals surface area contributed by atoms with E-state index in [4.69, 9.17) is 10.5 Å². The van der Waals surface area contributed by atoms with Gasteiger partial charge in [-0.05, 0) is 44.7 Å². The van der Waals surface area contributed by atoms with Crippen LogP contribution in [0.2, 0.25) is 0 Å². The minimum absolute atomic E-state index is 0.0360. The lowest BCUT2D eigenvalue weighted by Crippen LogP contribution is -2.33. The van der Waals surface area contributed by atoms with E-state index in [9.17, 15) is 4.79 Å². The van der Waals surface area contributed by atoms with Gasteiger partial charge in [0, 0.05) is 25.3 Å². The van der Waals surface area contributed by atoms with Crippen molar-refractivity contribution in [2.45, 2.75) is 51.3 Å². The van der Waals surface area contributed by atoms with E-state index in [1.54, 1.807) is 0 Å². The van der Waals surface area contributed by atoms with Crippen molar-refractivity contribution >= 4 is 5.91 Å². The lowest BCUT2D eigenvalue weighted by atomic mass is 9.94.